The van der Waals surface area contributed by atoms with E-state index in [4.69, 9.17) is 10.5 Å². The summed E-state index contributed by atoms with van der Waals surface area (Å²) in [6.45, 7) is 2.46. The van der Waals surface area contributed by atoms with Gasteiger partial charge >= 0.3 is 0 Å². The van der Waals surface area contributed by atoms with Crippen molar-refractivity contribution in [2.75, 3.05) is 18.2 Å². The zero-order valence-corrected chi connectivity index (χ0v) is 15.1. The number of carbonyl (C=O) groups excluding carboxylic acids is 1. The van der Waals surface area contributed by atoms with Crippen LogP contribution in [0, 0.1) is 6.92 Å². The van der Waals surface area contributed by atoms with E-state index >= 15 is 0 Å². The fourth-order valence-electron chi connectivity index (χ4n) is 2.55. The average molecular weight is 364 g/mol. The smallest absolute Gasteiger partial charge is 0.224 e. The first-order chi connectivity index (χ1) is 13.1. The first kappa shape index (κ1) is 18.1. The molecule has 0 aliphatic rings. The lowest BCUT2D eigenvalue weighted by atomic mass is 10.2. The van der Waals surface area contributed by atoms with Crippen molar-refractivity contribution in [1.29, 1.82) is 0 Å². The molecule has 1 aromatic carbocycles. The van der Waals surface area contributed by atoms with Crippen LogP contribution in [0.4, 0.5) is 11.8 Å². The largest absolute Gasteiger partial charge is 0.497 e. The third-order valence-corrected chi connectivity index (χ3v) is 3.98. The molecule has 2 aromatic heterocycles. The molecule has 3 N–H and O–H groups in total. The maximum atomic E-state index is 10.5. The normalized spacial score (nSPS) is 10.9. The Labute approximate surface area is 156 Å². The topological polar surface area (TPSA) is 108 Å². The van der Waals surface area contributed by atoms with E-state index in [1.807, 2.05) is 31.2 Å². The molecule has 0 amide bonds. The fraction of sp³-hybridized carbons (Fsp3) is 0.158. The van der Waals surface area contributed by atoms with Crippen LogP contribution in [0.2, 0.25) is 0 Å². The van der Waals surface area contributed by atoms with Gasteiger partial charge in [-0.1, -0.05) is 12.1 Å². The second-order valence-corrected chi connectivity index (χ2v) is 5.76. The number of carbonyl (C=O) groups is 1. The van der Waals surface area contributed by atoms with Gasteiger partial charge in [0.2, 0.25) is 5.95 Å². The third kappa shape index (κ3) is 4.30. The second kappa shape index (κ2) is 8.13. The van der Waals surface area contributed by atoms with Crippen molar-refractivity contribution in [2.45, 2.75) is 13.5 Å². The van der Waals surface area contributed by atoms with E-state index in [9.17, 15) is 4.79 Å². The number of hydrogen-bond acceptors (Lipinski definition) is 7. The Kier molecular flexibility index (Phi) is 5.46. The zero-order chi connectivity index (χ0) is 19.2. The molecule has 0 saturated heterocycles. The molecule has 0 spiro atoms. The highest BCUT2D eigenvalue weighted by Crippen LogP contribution is 2.18. The summed E-state index contributed by atoms with van der Waals surface area (Å²) in [5.74, 6) is 2.08. The summed E-state index contributed by atoms with van der Waals surface area (Å²) in [7, 11) is 1.63. The first-order valence-electron chi connectivity index (χ1n) is 8.29. The maximum Gasteiger partial charge on any atom is 0.224 e. The van der Waals surface area contributed by atoms with Gasteiger partial charge in [-0.15, -0.1) is 0 Å². The summed E-state index contributed by atoms with van der Waals surface area (Å²) in [6.07, 6.45) is 5.50. The lowest BCUT2D eigenvalue weighted by molar-refractivity contribution is -0.104. The molecule has 0 aliphatic heterocycles. The number of nitrogens with one attached hydrogen (secondary N) is 1. The van der Waals surface area contributed by atoms with Crippen LogP contribution in [0.3, 0.4) is 0 Å². The van der Waals surface area contributed by atoms with Gasteiger partial charge in [-0.3, -0.25) is 4.79 Å². The Morgan fingerprint density at radius 2 is 2.04 bits per heavy atom. The van der Waals surface area contributed by atoms with Gasteiger partial charge in [-0.2, -0.15) is 15.1 Å². The van der Waals surface area contributed by atoms with Crippen LogP contribution in [-0.2, 0) is 11.3 Å². The van der Waals surface area contributed by atoms with Crippen LogP contribution in [0.1, 0.15) is 16.8 Å². The van der Waals surface area contributed by atoms with E-state index in [0.29, 0.717) is 18.2 Å². The van der Waals surface area contributed by atoms with Crippen molar-refractivity contribution < 1.29 is 9.53 Å². The highest BCUT2D eigenvalue weighted by Gasteiger charge is 2.10. The van der Waals surface area contributed by atoms with Crippen molar-refractivity contribution in [1.82, 2.24) is 19.7 Å². The van der Waals surface area contributed by atoms with Crippen LogP contribution < -0.4 is 15.8 Å². The molecule has 0 fully saturated rings. The number of nitrogen functional groups attached to an aromatic ring is 1. The predicted octanol–water partition coefficient (Wildman–Crippen LogP) is 2.39. The van der Waals surface area contributed by atoms with Gasteiger partial charge in [-0.05, 0) is 36.8 Å². The maximum absolute atomic E-state index is 10.5. The zero-order valence-electron chi connectivity index (χ0n) is 15.1. The lowest BCUT2D eigenvalue weighted by Gasteiger charge is -2.10. The molecule has 8 nitrogen and oxygen atoms in total. The number of nitrogens with zero attached hydrogens (tertiary/aromatic N) is 4. The van der Waals surface area contributed by atoms with Crippen molar-refractivity contribution in [3.05, 3.63) is 59.4 Å². The van der Waals surface area contributed by atoms with E-state index < -0.39 is 0 Å². The number of nitrogens with two attached hydrogens (primary N) is 1. The number of ether oxygens (including phenoxy) is 1. The molecule has 3 aromatic rings. The monoisotopic (exact) mass is 364 g/mol. The number of methoxy groups -OCH3 is 1. The summed E-state index contributed by atoms with van der Waals surface area (Å²) < 4.78 is 6.81. The van der Waals surface area contributed by atoms with E-state index in [1.54, 1.807) is 30.1 Å². The number of anilines is 2. The Morgan fingerprint density at radius 3 is 2.74 bits per heavy atom. The van der Waals surface area contributed by atoms with E-state index in [-0.39, 0.29) is 5.95 Å². The van der Waals surface area contributed by atoms with Crippen molar-refractivity contribution >= 4 is 24.1 Å². The number of benzene rings is 1. The molecular weight excluding hydrogens is 344 g/mol. The minimum atomic E-state index is 0.143. The molecule has 2 heterocycles. The summed E-state index contributed by atoms with van der Waals surface area (Å²) in [5.41, 5.74) is 8.60. The Balaban J connectivity index is 1.80. The summed E-state index contributed by atoms with van der Waals surface area (Å²) in [5, 5.41) is 7.56. The van der Waals surface area contributed by atoms with E-state index in [0.717, 1.165) is 28.9 Å². The lowest BCUT2D eigenvalue weighted by Crippen LogP contribution is -2.09. The third-order valence-electron chi connectivity index (χ3n) is 3.98. The summed E-state index contributed by atoms with van der Waals surface area (Å²) >= 11 is 0. The summed E-state index contributed by atoms with van der Waals surface area (Å²) in [4.78, 5) is 19.0. The highest BCUT2D eigenvalue weighted by atomic mass is 16.5. The molecule has 3 rings (SSSR count). The predicted molar refractivity (Wildman–Crippen MR) is 104 cm³/mol. The van der Waals surface area contributed by atoms with Gasteiger partial charge in [0.05, 0.1) is 19.0 Å². The molecule has 0 bridgehead atoms. The molecular formula is C19H20N6O2. The number of hydrogen-bond donors (Lipinski definition) is 2. The van der Waals surface area contributed by atoms with Crippen molar-refractivity contribution in [3.8, 4) is 11.6 Å². The van der Waals surface area contributed by atoms with Crippen molar-refractivity contribution in [3.63, 3.8) is 0 Å². The minimum Gasteiger partial charge on any atom is -0.497 e. The fourth-order valence-corrected chi connectivity index (χ4v) is 2.55. The molecule has 0 radical (unpaired) electrons. The van der Waals surface area contributed by atoms with E-state index in [2.05, 4.69) is 20.4 Å². The van der Waals surface area contributed by atoms with Crippen LogP contribution in [0.25, 0.3) is 11.9 Å². The number of allylic oxidation sites excluding steroid dienone is 1. The molecule has 27 heavy (non-hydrogen) atoms. The SMILES string of the molecule is COc1ccc(CNc2cc(-n3ncc(/C=C/C=O)c3C)nc(N)n2)cc1. The molecule has 8 heteroatoms. The molecule has 0 unspecified atom stereocenters. The summed E-state index contributed by atoms with van der Waals surface area (Å²) in [6, 6.07) is 9.52. The number of aromatic nitrogens is 4. The van der Waals surface area contributed by atoms with Crippen LogP contribution in [0.5, 0.6) is 5.75 Å². The second-order valence-electron chi connectivity index (χ2n) is 5.76. The van der Waals surface area contributed by atoms with Gasteiger partial charge < -0.3 is 15.8 Å². The average Bonchev–Trinajstić information content (AvgIpc) is 3.05. The van der Waals surface area contributed by atoms with Crippen LogP contribution >= 0.6 is 0 Å². The quantitative estimate of drug-likeness (QED) is 0.489. The van der Waals surface area contributed by atoms with Crippen LogP contribution in [0.15, 0.2) is 42.6 Å². The highest BCUT2D eigenvalue weighted by molar-refractivity contribution is 5.74. The van der Waals surface area contributed by atoms with Crippen LogP contribution in [-0.4, -0.2) is 33.1 Å². The first-order valence-corrected chi connectivity index (χ1v) is 8.29. The molecule has 0 saturated carbocycles. The molecule has 0 aliphatic carbocycles. The number of aldehydes is 1. The van der Waals surface area contributed by atoms with Gasteiger partial charge in [0.15, 0.2) is 5.82 Å². The number of rotatable bonds is 7. The Bertz CT molecular complexity index is 963. The molecule has 0 atom stereocenters. The van der Waals surface area contributed by atoms with Gasteiger partial charge in [0, 0.05) is 18.2 Å². The van der Waals surface area contributed by atoms with Gasteiger partial charge in [-0.25, -0.2) is 4.68 Å². The van der Waals surface area contributed by atoms with Crippen molar-refractivity contribution in [2.24, 2.45) is 0 Å². The molecule has 138 valence electrons. The standard InChI is InChI=1S/C19H20N6O2/c1-13-15(4-3-9-26)12-22-25(13)18-10-17(23-19(20)24-18)21-11-14-5-7-16(27-2)8-6-14/h3-10,12H,11H2,1-2H3,(H3,20,21,23,24)/b4-3+. The Morgan fingerprint density at radius 1 is 1.26 bits per heavy atom. The Hall–Kier alpha value is -3.68. The van der Waals surface area contributed by atoms with E-state index in [1.165, 1.54) is 6.08 Å². The van der Waals surface area contributed by atoms with Gasteiger partial charge in [0.25, 0.3) is 0 Å². The minimum absolute atomic E-state index is 0.143. The van der Waals surface area contributed by atoms with Gasteiger partial charge in [0.1, 0.15) is 17.9 Å².